The average Bonchev–Trinajstić information content (AvgIpc) is 2.16. The number of ketones is 1. The van der Waals surface area contributed by atoms with Gasteiger partial charge < -0.3 is 10.8 Å². The van der Waals surface area contributed by atoms with Crippen molar-refractivity contribution >= 4 is 11.8 Å². The van der Waals surface area contributed by atoms with Crippen molar-refractivity contribution in [1.29, 1.82) is 0 Å². The van der Waals surface area contributed by atoms with Gasteiger partial charge in [-0.05, 0) is 25.3 Å². The summed E-state index contributed by atoms with van der Waals surface area (Å²) in [7, 11) is 0. The molecule has 0 aromatic rings. The van der Waals surface area contributed by atoms with Gasteiger partial charge in [0, 0.05) is 0 Å². The van der Waals surface area contributed by atoms with Crippen LogP contribution in [0, 0.1) is 0 Å². The third-order valence-electron chi connectivity index (χ3n) is 1.57. The Balaban J connectivity index is 0. The van der Waals surface area contributed by atoms with E-state index in [1.54, 1.807) is 0 Å². The number of carbonyl (C=O) groups is 2. The molecule has 0 aliphatic rings. The number of allylic oxidation sites excluding steroid dienone is 1. The first-order valence-corrected chi connectivity index (χ1v) is 4.62. The fourth-order valence-corrected chi connectivity index (χ4v) is 0.629. The highest BCUT2D eigenvalue weighted by atomic mass is 16.4. The SMILES string of the molecule is C=C(CCC(N)C(=O)O)C(C)=O.CC. The maximum atomic E-state index is 10.6. The molecule has 0 bridgehead atoms. The molecule has 0 aliphatic heterocycles. The van der Waals surface area contributed by atoms with E-state index < -0.39 is 12.0 Å². The highest BCUT2D eigenvalue weighted by molar-refractivity contribution is 5.92. The fourth-order valence-electron chi connectivity index (χ4n) is 0.629. The fraction of sp³-hybridized carbons (Fsp3) is 0.600. The lowest BCUT2D eigenvalue weighted by molar-refractivity contribution is -0.138. The van der Waals surface area contributed by atoms with Gasteiger partial charge >= 0.3 is 5.97 Å². The van der Waals surface area contributed by atoms with E-state index in [1.165, 1.54) is 6.92 Å². The van der Waals surface area contributed by atoms with Crippen LogP contribution in [0.4, 0.5) is 0 Å². The van der Waals surface area contributed by atoms with Crippen LogP contribution >= 0.6 is 0 Å². The van der Waals surface area contributed by atoms with Gasteiger partial charge in [0.2, 0.25) is 0 Å². The number of aliphatic carboxylic acids is 1. The first kappa shape index (κ1) is 15.3. The van der Waals surface area contributed by atoms with Crippen molar-refractivity contribution in [3.8, 4) is 0 Å². The van der Waals surface area contributed by atoms with Gasteiger partial charge in [-0.2, -0.15) is 0 Å². The first-order chi connectivity index (χ1) is 6.45. The summed E-state index contributed by atoms with van der Waals surface area (Å²) in [6.45, 7) is 8.88. The summed E-state index contributed by atoms with van der Waals surface area (Å²) in [5, 5.41) is 8.39. The summed E-state index contributed by atoms with van der Waals surface area (Å²) in [5.74, 6) is -1.17. The largest absolute Gasteiger partial charge is 0.480 e. The van der Waals surface area contributed by atoms with Gasteiger partial charge in [-0.25, -0.2) is 0 Å². The molecule has 4 heteroatoms. The summed E-state index contributed by atoms with van der Waals surface area (Å²) in [4.78, 5) is 20.9. The van der Waals surface area contributed by atoms with Crippen LogP contribution in [-0.2, 0) is 9.59 Å². The molecule has 14 heavy (non-hydrogen) atoms. The number of nitrogens with two attached hydrogens (primary N) is 1. The zero-order valence-corrected chi connectivity index (χ0v) is 9.04. The lowest BCUT2D eigenvalue weighted by atomic mass is 10.1. The summed E-state index contributed by atoms with van der Waals surface area (Å²) in [6.07, 6.45) is 0.608. The highest BCUT2D eigenvalue weighted by Gasteiger charge is 2.12. The van der Waals surface area contributed by atoms with Crippen molar-refractivity contribution < 1.29 is 14.7 Å². The molecule has 0 saturated carbocycles. The molecule has 82 valence electrons. The Morgan fingerprint density at radius 3 is 2.14 bits per heavy atom. The van der Waals surface area contributed by atoms with E-state index in [9.17, 15) is 9.59 Å². The van der Waals surface area contributed by atoms with Gasteiger partial charge in [0.1, 0.15) is 6.04 Å². The Kier molecular flexibility index (Phi) is 9.23. The van der Waals surface area contributed by atoms with Crippen molar-refractivity contribution in [2.45, 2.75) is 39.7 Å². The van der Waals surface area contributed by atoms with E-state index in [-0.39, 0.29) is 12.2 Å². The zero-order chi connectivity index (χ0) is 11.7. The van der Waals surface area contributed by atoms with Crippen LogP contribution in [0.1, 0.15) is 33.6 Å². The Labute approximate surface area is 84.8 Å². The molecule has 0 aromatic heterocycles. The summed E-state index contributed by atoms with van der Waals surface area (Å²) in [6, 6.07) is -0.902. The molecule has 0 rings (SSSR count). The minimum atomic E-state index is -1.05. The number of carboxylic acid groups (broad SMARTS) is 1. The third kappa shape index (κ3) is 7.49. The molecule has 0 spiro atoms. The number of hydrogen-bond donors (Lipinski definition) is 2. The molecule has 3 N–H and O–H groups in total. The predicted octanol–water partition coefficient (Wildman–Crippen LogP) is 1.35. The van der Waals surface area contributed by atoms with E-state index in [0.717, 1.165) is 0 Å². The van der Waals surface area contributed by atoms with Crippen LogP contribution in [0.2, 0.25) is 0 Å². The molecular weight excluding hydrogens is 182 g/mol. The number of carboxylic acids is 1. The Hall–Kier alpha value is -1.16. The lowest BCUT2D eigenvalue weighted by Gasteiger charge is -2.05. The van der Waals surface area contributed by atoms with E-state index in [0.29, 0.717) is 12.0 Å². The summed E-state index contributed by atoms with van der Waals surface area (Å²) < 4.78 is 0. The zero-order valence-electron chi connectivity index (χ0n) is 9.04. The van der Waals surface area contributed by atoms with Gasteiger partial charge in [-0.3, -0.25) is 9.59 Å². The maximum Gasteiger partial charge on any atom is 0.320 e. The molecule has 1 atom stereocenters. The van der Waals surface area contributed by atoms with Gasteiger partial charge in [0.25, 0.3) is 0 Å². The molecule has 0 saturated heterocycles. The van der Waals surface area contributed by atoms with Crippen LogP contribution in [-0.4, -0.2) is 22.9 Å². The molecule has 4 nitrogen and oxygen atoms in total. The normalized spacial score (nSPS) is 10.9. The molecule has 0 aromatic carbocycles. The highest BCUT2D eigenvalue weighted by Crippen LogP contribution is 2.05. The van der Waals surface area contributed by atoms with Crippen LogP contribution in [0.15, 0.2) is 12.2 Å². The van der Waals surface area contributed by atoms with Crippen molar-refractivity contribution in [2.75, 3.05) is 0 Å². The first-order valence-electron chi connectivity index (χ1n) is 4.62. The quantitative estimate of drug-likeness (QED) is 0.658. The maximum absolute atomic E-state index is 10.6. The molecule has 0 radical (unpaired) electrons. The lowest BCUT2D eigenvalue weighted by Crippen LogP contribution is -2.30. The topological polar surface area (TPSA) is 80.4 Å². The molecular formula is C10H19NO3. The average molecular weight is 201 g/mol. The predicted molar refractivity (Wildman–Crippen MR) is 56.0 cm³/mol. The second kappa shape index (κ2) is 8.44. The number of Topliss-reactive ketones (excluding diaryl/α,β-unsaturated/α-hetero) is 1. The van der Waals surface area contributed by atoms with Crippen molar-refractivity contribution in [1.82, 2.24) is 0 Å². The van der Waals surface area contributed by atoms with Gasteiger partial charge in [0.05, 0.1) is 0 Å². The molecule has 1 unspecified atom stereocenters. The second-order valence-corrected chi connectivity index (χ2v) is 2.64. The Morgan fingerprint density at radius 2 is 1.86 bits per heavy atom. The van der Waals surface area contributed by atoms with E-state index >= 15 is 0 Å². The number of rotatable bonds is 5. The summed E-state index contributed by atoms with van der Waals surface area (Å²) in [5.41, 5.74) is 5.64. The van der Waals surface area contributed by atoms with Crippen molar-refractivity contribution in [2.24, 2.45) is 5.73 Å². The van der Waals surface area contributed by atoms with Gasteiger partial charge in [-0.1, -0.05) is 20.4 Å². The van der Waals surface area contributed by atoms with Crippen LogP contribution in [0.25, 0.3) is 0 Å². The van der Waals surface area contributed by atoms with Gasteiger partial charge in [-0.15, -0.1) is 0 Å². The van der Waals surface area contributed by atoms with E-state index in [2.05, 4.69) is 6.58 Å². The monoisotopic (exact) mass is 201 g/mol. The number of hydrogen-bond acceptors (Lipinski definition) is 3. The standard InChI is InChI=1S/C8H13NO3.C2H6/c1-5(6(2)10)3-4-7(9)8(11)12;1-2/h7H,1,3-4,9H2,2H3,(H,11,12);1-2H3. The molecule has 0 aliphatic carbocycles. The third-order valence-corrected chi connectivity index (χ3v) is 1.57. The molecule has 0 amide bonds. The Morgan fingerprint density at radius 1 is 1.43 bits per heavy atom. The number of carbonyl (C=O) groups excluding carboxylic acids is 1. The van der Waals surface area contributed by atoms with E-state index in [4.69, 9.17) is 10.8 Å². The van der Waals surface area contributed by atoms with Crippen LogP contribution in [0.3, 0.4) is 0 Å². The molecule has 0 fully saturated rings. The van der Waals surface area contributed by atoms with Crippen LogP contribution in [0.5, 0.6) is 0 Å². The van der Waals surface area contributed by atoms with Crippen molar-refractivity contribution in [3.05, 3.63) is 12.2 Å². The summed E-state index contributed by atoms with van der Waals surface area (Å²) >= 11 is 0. The molecule has 0 heterocycles. The van der Waals surface area contributed by atoms with Crippen molar-refractivity contribution in [3.63, 3.8) is 0 Å². The Bertz CT molecular complexity index is 211. The second-order valence-electron chi connectivity index (χ2n) is 2.64. The van der Waals surface area contributed by atoms with Gasteiger partial charge in [0.15, 0.2) is 5.78 Å². The smallest absolute Gasteiger partial charge is 0.320 e. The minimum Gasteiger partial charge on any atom is -0.480 e. The minimum absolute atomic E-state index is 0.118. The van der Waals surface area contributed by atoms with E-state index in [1.807, 2.05) is 13.8 Å². The van der Waals surface area contributed by atoms with Crippen LogP contribution < -0.4 is 5.73 Å².